The Morgan fingerprint density at radius 2 is 1.61 bits per heavy atom. The van der Waals surface area contributed by atoms with Gasteiger partial charge < -0.3 is 24.8 Å². The molecule has 0 N–H and O–H groups in total. The van der Waals surface area contributed by atoms with Crippen LogP contribution in [0.4, 0.5) is 0 Å². The first kappa shape index (κ1) is 20.8. The molecule has 1 atom stereocenters. The van der Waals surface area contributed by atoms with E-state index in [4.69, 9.17) is 0 Å². The molecule has 1 unspecified atom stereocenters. The molecule has 0 saturated carbocycles. The van der Waals surface area contributed by atoms with E-state index >= 15 is 0 Å². The average molecular weight is 399 g/mol. The van der Waals surface area contributed by atoms with Gasteiger partial charge in [0, 0.05) is 0 Å². The average Bonchev–Trinajstić information content (AvgIpc) is 2.94. The van der Waals surface area contributed by atoms with Crippen LogP contribution in [0.1, 0.15) is 30.3 Å². The predicted molar refractivity (Wildman–Crippen MR) is 91.7 cm³/mol. The fraction of sp³-hybridized carbons (Fsp3) is 0.263. The van der Waals surface area contributed by atoms with E-state index in [1.54, 1.807) is 23.9 Å². The minimum absolute atomic E-state index is 0. The summed E-state index contributed by atoms with van der Waals surface area (Å²) in [6, 6.07) is 8.89. The van der Waals surface area contributed by atoms with Crippen molar-refractivity contribution in [2.75, 3.05) is 0 Å². The SMILES string of the molecule is CC(C)=C1C=c2ccccc2=[C]1[Ti+2][c]1[pH]c(C)c(C)c1C.[Cl-].[Cl-]. The van der Waals surface area contributed by atoms with Gasteiger partial charge in [-0.2, -0.15) is 0 Å². The molecule has 0 aliphatic heterocycles. The second kappa shape index (κ2) is 8.24. The molecule has 0 nitrogen and oxygen atoms in total. The fourth-order valence-corrected chi connectivity index (χ4v) is 7.98. The summed E-state index contributed by atoms with van der Waals surface area (Å²) in [5, 5.41) is 4.50. The number of fused-ring (bicyclic) bond motifs is 1. The largest absolute Gasteiger partial charge is 1.00 e. The molecule has 120 valence electrons. The van der Waals surface area contributed by atoms with Gasteiger partial charge in [0.1, 0.15) is 0 Å². The van der Waals surface area contributed by atoms with Crippen molar-refractivity contribution < 1.29 is 44.0 Å². The molecule has 2 aromatic rings. The van der Waals surface area contributed by atoms with Crippen LogP contribution in [0.3, 0.4) is 0 Å². The van der Waals surface area contributed by atoms with Crippen LogP contribution in [-0.2, 0) is 19.2 Å². The molecule has 4 heteroatoms. The molecule has 1 heterocycles. The third kappa shape index (κ3) is 3.89. The molecule has 3 rings (SSSR count). The van der Waals surface area contributed by atoms with Gasteiger partial charge in [-0.05, 0) is 0 Å². The molecule has 0 amide bonds. The molecule has 0 spiro atoms. The zero-order valence-corrected chi connectivity index (χ0v) is 18.2. The molecule has 1 aliphatic rings. The molecular formula is C19H21Cl2PTi. The molecule has 0 fully saturated rings. The van der Waals surface area contributed by atoms with Crippen LogP contribution < -0.4 is 38.9 Å². The van der Waals surface area contributed by atoms with Crippen LogP contribution in [0, 0.1) is 20.8 Å². The van der Waals surface area contributed by atoms with Gasteiger partial charge in [0.25, 0.3) is 0 Å². The van der Waals surface area contributed by atoms with Crippen molar-refractivity contribution >= 4 is 21.7 Å². The van der Waals surface area contributed by atoms with Crippen LogP contribution in [0.25, 0.3) is 9.95 Å². The van der Waals surface area contributed by atoms with Gasteiger partial charge in [-0.25, -0.2) is 0 Å². The zero-order valence-electron chi connectivity index (χ0n) is 14.1. The Balaban J connectivity index is 0.00000132. The zero-order chi connectivity index (χ0) is 15.1. The molecule has 1 aliphatic carbocycles. The van der Waals surface area contributed by atoms with Crippen LogP contribution in [-0.4, -0.2) is 0 Å². The van der Waals surface area contributed by atoms with E-state index in [0.29, 0.717) is 0 Å². The first-order chi connectivity index (χ1) is 9.99. The smallest absolute Gasteiger partial charge is 1.00 e. The summed E-state index contributed by atoms with van der Waals surface area (Å²) in [6.07, 6.45) is 2.39. The Labute approximate surface area is 162 Å². The van der Waals surface area contributed by atoms with Crippen molar-refractivity contribution in [1.82, 2.24) is 0 Å². The van der Waals surface area contributed by atoms with Crippen molar-refractivity contribution in [3.05, 3.63) is 62.3 Å². The van der Waals surface area contributed by atoms with E-state index in [-0.39, 0.29) is 44.0 Å². The van der Waals surface area contributed by atoms with E-state index in [0.717, 1.165) is 8.19 Å². The molecular weight excluding hydrogens is 378 g/mol. The monoisotopic (exact) mass is 398 g/mol. The van der Waals surface area contributed by atoms with Gasteiger partial charge in [0.15, 0.2) is 0 Å². The van der Waals surface area contributed by atoms with E-state index in [1.807, 2.05) is 0 Å². The first-order valence-electron chi connectivity index (χ1n) is 7.40. The van der Waals surface area contributed by atoms with Gasteiger partial charge in [0.05, 0.1) is 0 Å². The van der Waals surface area contributed by atoms with Crippen molar-refractivity contribution in [1.29, 1.82) is 0 Å². The summed E-state index contributed by atoms with van der Waals surface area (Å²) in [7, 11) is 0.939. The topological polar surface area (TPSA) is 0 Å². The Morgan fingerprint density at radius 1 is 0.957 bits per heavy atom. The van der Waals surface area contributed by atoms with Gasteiger partial charge in [0.2, 0.25) is 0 Å². The first-order valence-corrected chi connectivity index (χ1v) is 9.97. The maximum atomic E-state index is 2.39. The molecule has 0 radical (unpaired) electrons. The van der Waals surface area contributed by atoms with Crippen molar-refractivity contribution in [2.24, 2.45) is 0 Å². The van der Waals surface area contributed by atoms with E-state index in [1.165, 1.54) is 21.6 Å². The van der Waals surface area contributed by atoms with Gasteiger partial charge in [-0.15, -0.1) is 0 Å². The minimum atomic E-state index is -0.221. The Hall–Kier alpha value is -0.226. The quantitative estimate of drug-likeness (QED) is 0.483. The van der Waals surface area contributed by atoms with E-state index in [2.05, 4.69) is 65.0 Å². The molecule has 1 aromatic heterocycles. The fourth-order valence-electron chi connectivity index (χ4n) is 2.85. The molecule has 0 saturated heterocycles. The number of aryl methyl sites for hydroxylation is 1. The summed E-state index contributed by atoms with van der Waals surface area (Å²) in [5.41, 5.74) is 6.08. The van der Waals surface area contributed by atoms with Gasteiger partial charge >= 0.3 is 138 Å². The van der Waals surface area contributed by atoms with Crippen molar-refractivity contribution in [3.63, 3.8) is 0 Å². The third-order valence-corrected chi connectivity index (χ3v) is 9.08. The minimum Gasteiger partial charge on any atom is -1.00 e. The maximum Gasteiger partial charge on any atom is -1.00 e. The van der Waals surface area contributed by atoms with E-state index < -0.39 is 0 Å². The third-order valence-electron chi connectivity index (χ3n) is 4.40. The predicted octanol–water partition coefficient (Wildman–Crippen LogP) is -2.70. The number of halogens is 2. The van der Waals surface area contributed by atoms with Crippen molar-refractivity contribution in [3.8, 4) is 0 Å². The van der Waals surface area contributed by atoms with Gasteiger partial charge in [-0.3, -0.25) is 0 Å². The Bertz CT molecular complexity index is 871. The second-order valence-electron chi connectivity index (χ2n) is 6.02. The molecule has 0 bridgehead atoms. The van der Waals surface area contributed by atoms with Crippen LogP contribution in [0.15, 0.2) is 35.4 Å². The Morgan fingerprint density at radius 3 is 2.17 bits per heavy atom. The summed E-state index contributed by atoms with van der Waals surface area (Å²) in [5.74, 6) is 0. The summed E-state index contributed by atoms with van der Waals surface area (Å²) < 4.78 is 3.40. The molecule has 1 aromatic carbocycles. The normalized spacial score (nSPS) is 12.2. The summed E-state index contributed by atoms with van der Waals surface area (Å²) in [4.78, 5) is 0. The van der Waals surface area contributed by atoms with Gasteiger partial charge in [-0.1, -0.05) is 0 Å². The van der Waals surface area contributed by atoms with Crippen molar-refractivity contribution in [2.45, 2.75) is 34.6 Å². The summed E-state index contributed by atoms with van der Waals surface area (Å²) >= 11 is -0.221. The molecule has 23 heavy (non-hydrogen) atoms. The number of hydrogen-bond acceptors (Lipinski definition) is 0. The van der Waals surface area contributed by atoms with Crippen LogP contribution in [0.5, 0.6) is 0 Å². The van der Waals surface area contributed by atoms with Crippen LogP contribution >= 0.6 is 8.19 Å². The maximum absolute atomic E-state index is 2.39. The number of allylic oxidation sites excluding steroid dienone is 2. The number of rotatable bonds is 2. The van der Waals surface area contributed by atoms with E-state index in [9.17, 15) is 0 Å². The Kier molecular flexibility index (Phi) is 7.46. The standard InChI is InChI=1S/C12H11.C7H10P.2ClH.Ti/c1-9(2)12-7-10-5-3-4-6-11(10)8-12;1-5-4-8-7(3)6(5)2;;;/h3-7H,1-2H3;8H,1-3H3;2*1H;/q;;;;+2/p-2. The number of hydrogen-bond donors (Lipinski definition) is 0. The summed E-state index contributed by atoms with van der Waals surface area (Å²) in [6.45, 7) is 11.4. The second-order valence-corrected chi connectivity index (χ2v) is 10.3. The number of benzene rings is 1. The van der Waals surface area contributed by atoms with Crippen LogP contribution in [0.2, 0.25) is 0 Å².